The molecule has 14 nitrogen and oxygen atoms in total. The first-order chi connectivity index (χ1) is 16.6. The molecule has 5 rings (SSSR count). The largest absolute Gasteiger partial charge is 0.548 e. The van der Waals surface area contributed by atoms with Gasteiger partial charge in [0.2, 0.25) is 5.91 Å². The number of imidazole rings is 1. The van der Waals surface area contributed by atoms with E-state index in [9.17, 15) is 14.7 Å². The Labute approximate surface area is 192 Å². The molecule has 2 aromatic heterocycles. The number of aromatic nitrogens is 6. The number of fused-ring (bicyclic) bond motifs is 1. The average Bonchev–Trinajstić information content (AvgIpc) is 3.61. The van der Waals surface area contributed by atoms with Gasteiger partial charge in [-0.1, -0.05) is 5.10 Å². The number of aliphatic carboxylic acids is 1. The molecular formula is C20H20N7O7-. The van der Waals surface area contributed by atoms with Crippen LogP contribution in [-0.2, 0) is 23.8 Å². The van der Waals surface area contributed by atoms with Crippen molar-refractivity contribution in [1.29, 1.82) is 0 Å². The first-order valence-corrected chi connectivity index (χ1v) is 10.4. The number of carboxylic acids is 1. The molecular weight excluding hydrogens is 450 g/mol. The molecule has 3 aromatic rings. The van der Waals surface area contributed by atoms with Gasteiger partial charge in [-0.3, -0.25) is 4.79 Å². The van der Waals surface area contributed by atoms with Crippen LogP contribution in [0.25, 0.3) is 5.69 Å². The van der Waals surface area contributed by atoms with Crippen molar-refractivity contribution in [3.63, 3.8) is 0 Å². The maximum absolute atomic E-state index is 12.0. The van der Waals surface area contributed by atoms with E-state index >= 15 is 0 Å². The summed E-state index contributed by atoms with van der Waals surface area (Å²) >= 11 is 0. The molecule has 1 N–H and O–H groups in total. The molecule has 2 aliphatic rings. The molecule has 0 unspecified atom stereocenters. The summed E-state index contributed by atoms with van der Waals surface area (Å²) in [4.78, 5) is 26.4. The van der Waals surface area contributed by atoms with Gasteiger partial charge >= 0.3 is 6.01 Å². The van der Waals surface area contributed by atoms with Crippen molar-refractivity contribution in [2.75, 3.05) is 26.4 Å². The SMILES string of the molecule is O=C([O-])COCC(=O)N[C@H]1CO[C@H]2[C@@H]1OC[C@@H]2n1nnnc1Oc1ccc(-n2ccnc2)cc1. The smallest absolute Gasteiger partial charge is 0.341 e. The average molecular weight is 470 g/mol. The number of hydrogen-bond acceptors (Lipinski definition) is 11. The van der Waals surface area contributed by atoms with Gasteiger partial charge in [0.25, 0.3) is 0 Å². The zero-order valence-corrected chi connectivity index (χ0v) is 17.7. The lowest BCUT2D eigenvalue weighted by atomic mass is 10.1. The number of rotatable bonds is 9. The third-order valence-electron chi connectivity index (χ3n) is 5.45. The number of carboxylic acid groups (broad SMARTS) is 1. The minimum atomic E-state index is -1.40. The lowest BCUT2D eigenvalue weighted by Gasteiger charge is -2.18. The van der Waals surface area contributed by atoms with Gasteiger partial charge in [0, 0.05) is 18.1 Å². The molecule has 34 heavy (non-hydrogen) atoms. The zero-order valence-electron chi connectivity index (χ0n) is 17.7. The molecule has 0 aliphatic carbocycles. The number of benzene rings is 1. The fourth-order valence-corrected chi connectivity index (χ4v) is 3.95. The summed E-state index contributed by atoms with van der Waals surface area (Å²) < 4.78 is 25.7. The second-order valence-corrected chi connectivity index (χ2v) is 7.67. The molecule has 2 aliphatic heterocycles. The van der Waals surface area contributed by atoms with Crippen molar-refractivity contribution in [1.82, 2.24) is 35.1 Å². The van der Waals surface area contributed by atoms with Crippen LogP contribution in [0.4, 0.5) is 0 Å². The fourth-order valence-electron chi connectivity index (χ4n) is 3.95. The van der Waals surface area contributed by atoms with Crippen LogP contribution >= 0.6 is 0 Å². The number of ether oxygens (including phenoxy) is 4. The normalized spacial score (nSPS) is 23.5. The molecule has 0 spiro atoms. The monoisotopic (exact) mass is 470 g/mol. The van der Waals surface area contributed by atoms with E-state index in [1.807, 2.05) is 22.9 Å². The summed E-state index contributed by atoms with van der Waals surface area (Å²) in [6.07, 6.45) is 4.39. The van der Waals surface area contributed by atoms with Crippen LogP contribution in [-0.4, -0.2) is 86.3 Å². The highest BCUT2D eigenvalue weighted by atomic mass is 16.6. The van der Waals surface area contributed by atoms with E-state index in [1.165, 1.54) is 4.68 Å². The van der Waals surface area contributed by atoms with Crippen LogP contribution in [0.5, 0.6) is 11.8 Å². The predicted molar refractivity (Wildman–Crippen MR) is 108 cm³/mol. The third-order valence-corrected chi connectivity index (χ3v) is 5.45. The number of carbonyl (C=O) groups is 2. The molecule has 1 aromatic carbocycles. The van der Waals surface area contributed by atoms with Crippen molar-refractivity contribution in [3.8, 4) is 17.4 Å². The van der Waals surface area contributed by atoms with Crippen LogP contribution < -0.4 is 15.2 Å². The predicted octanol–water partition coefficient (Wildman–Crippen LogP) is -1.76. The first kappa shape index (κ1) is 21.9. The molecule has 4 heterocycles. The Morgan fingerprint density at radius 2 is 1.97 bits per heavy atom. The van der Waals surface area contributed by atoms with Crippen LogP contribution in [0.2, 0.25) is 0 Å². The molecule has 2 fully saturated rings. The molecule has 4 atom stereocenters. The van der Waals surface area contributed by atoms with E-state index < -0.39 is 43.3 Å². The quantitative estimate of drug-likeness (QED) is 0.376. The summed E-state index contributed by atoms with van der Waals surface area (Å²) in [7, 11) is 0. The van der Waals surface area contributed by atoms with Crippen LogP contribution in [0.15, 0.2) is 43.0 Å². The van der Waals surface area contributed by atoms with Gasteiger partial charge in [-0.25, -0.2) is 4.98 Å². The van der Waals surface area contributed by atoms with E-state index in [2.05, 4.69) is 25.8 Å². The number of nitrogens with one attached hydrogen (secondary N) is 1. The van der Waals surface area contributed by atoms with Gasteiger partial charge in [0.15, 0.2) is 0 Å². The minimum Gasteiger partial charge on any atom is -0.548 e. The number of nitrogens with zero attached hydrogens (tertiary/aromatic N) is 6. The second kappa shape index (κ2) is 9.54. The zero-order chi connectivity index (χ0) is 23.5. The lowest BCUT2D eigenvalue weighted by molar-refractivity contribution is -0.309. The second-order valence-electron chi connectivity index (χ2n) is 7.67. The molecule has 1 amide bonds. The minimum absolute atomic E-state index is 0.177. The molecule has 0 radical (unpaired) electrons. The van der Waals surface area contributed by atoms with E-state index in [0.29, 0.717) is 5.75 Å². The van der Waals surface area contributed by atoms with E-state index in [0.717, 1.165) is 5.69 Å². The number of hydrogen-bond donors (Lipinski definition) is 1. The Kier molecular flexibility index (Phi) is 6.16. The number of tetrazole rings is 1. The third kappa shape index (κ3) is 4.59. The van der Waals surface area contributed by atoms with Gasteiger partial charge in [0.05, 0.1) is 38.2 Å². The molecule has 14 heteroatoms. The van der Waals surface area contributed by atoms with Gasteiger partial charge in [-0.2, -0.15) is 4.68 Å². The van der Waals surface area contributed by atoms with Crippen molar-refractivity contribution in [3.05, 3.63) is 43.0 Å². The highest BCUT2D eigenvalue weighted by Crippen LogP contribution is 2.36. The first-order valence-electron chi connectivity index (χ1n) is 10.4. The Morgan fingerprint density at radius 1 is 1.15 bits per heavy atom. The summed E-state index contributed by atoms with van der Waals surface area (Å²) in [5.41, 5.74) is 0.925. The van der Waals surface area contributed by atoms with Crippen molar-refractivity contribution in [2.24, 2.45) is 0 Å². The Hall–Kier alpha value is -3.88. The molecule has 0 bridgehead atoms. The number of carbonyl (C=O) groups excluding carboxylic acids is 2. The van der Waals surface area contributed by atoms with Crippen molar-refractivity contribution >= 4 is 11.9 Å². The van der Waals surface area contributed by atoms with Crippen LogP contribution in [0, 0.1) is 0 Å². The van der Waals surface area contributed by atoms with E-state index in [1.54, 1.807) is 24.7 Å². The van der Waals surface area contributed by atoms with E-state index in [-0.39, 0.29) is 25.3 Å². The van der Waals surface area contributed by atoms with Crippen molar-refractivity contribution < 1.29 is 33.6 Å². The van der Waals surface area contributed by atoms with Gasteiger partial charge in [-0.15, -0.1) is 0 Å². The summed E-state index contributed by atoms with van der Waals surface area (Å²) in [6.45, 7) is -0.598. The Morgan fingerprint density at radius 3 is 2.74 bits per heavy atom. The molecule has 0 saturated carbocycles. The standard InChI is InChI=1S/C20H21N7O7/c28-16(9-31-10-17(29)30)22-14-7-32-19-15(8-33-18(14)19)27-20(23-24-25-27)34-13-3-1-12(2-4-13)26-6-5-21-11-26/h1-6,11,14-15,18-19H,7-10H2,(H,22,28)(H,29,30)/p-1/t14-,15-,18+,19+/m0/s1. The van der Waals surface area contributed by atoms with Gasteiger partial charge in [-0.05, 0) is 34.7 Å². The summed E-state index contributed by atoms with van der Waals surface area (Å²) in [5.74, 6) is -1.33. The highest BCUT2D eigenvalue weighted by molar-refractivity contribution is 5.78. The van der Waals surface area contributed by atoms with Crippen molar-refractivity contribution in [2.45, 2.75) is 24.3 Å². The fraction of sp³-hybridized carbons (Fsp3) is 0.400. The van der Waals surface area contributed by atoms with Gasteiger partial charge in [0.1, 0.15) is 30.6 Å². The van der Waals surface area contributed by atoms with E-state index in [4.69, 9.17) is 18.9 Å². The summed E-state index contributed by atoms with van der Waals surface area (Å²) in [6, 6.07) is 6.73. The summed E-state index contributed by atoms with van der Waals surface area (Å²) in [5, 5.41) is 24.9. The lowest BCUT2D eigenvalue weighted by Crippen LogP contribution is -2.45. The Balaban J connectivity index is 1.21. The van der Waals surface area contributed by atoms with Gasteiger partial charge < -0.3 is 38.7 Å². The maximum atomic E-state index is 12.0. The molecule has 178 valence electrons. The van der Waals surface area contributed by atoms with Crippen LogP contribution in [0.1, 0.15) is 6.04 Å². The Bertz CT molecular complexity index is 1130. The highest BCUT2D eigenvalue weighted by Gasteiger charge is 2.50. The topological polar surface area (TPSA) is 168 Å². The maximum Gasteiger partial charge on any atom is 0.341 e. The van der Waals surface area contributed by atoms with Crippen LogP contribution in [0.3, 0.4) is 0 Å². The molecule has 2 saturated heterocycles. The number of amides is 1.